The van der Waals surface area contributed by atoms with Crippen molar-refractivity contribution in [3.05, 3.63) is 55.0 Å². The van der Waals surface area contributed by atoms with Gasteiger partial charge in [0.05, 0.1) is 12.8 Å². The molecular formula is C23H20N6O. The van der Waals surface area contributed by atoms with Crippen LogP contribution in [0.5, 0.6) is 5.75 Å². The van der Waals surface area contributed by atoms with Crippen molar-refractivity contribution in [2.45, 2.75) is 18.9 Å². The van der Waals surface area contributed by atoms with Gasteiger partial charge in [-0.3, -0.25) is 0 Å². The van der Waals surface area contributed by atoms with Crippen molar-refractivity contribution in [1.29, 1.82) is 0 Å². The first-order valence-corrected chi connectivity index (χ1v) is 10.0. The van der Waals surface area contributed by atoms with Gasteiger partial charge in [-0.1, -0.05) is 0 Å². The molecule has 0 radical (unpaired) electrons. The fourth-order valence-corrected chi connectivity index (χ4v) is 3.74. The van der Waals surface area contributed by atoms with Crippen LogP contribution in [0, 0.1) is 0 Å². The van der Waals surface area contributed by atoms with Gasteiger partial charge < -0.3 is 20.0 Å². The Kier molecular flexibility index (Phi) is 3.74. The Morgan fingerprint density at radius 3 is 2.90 bits per heavy atom. The van der Waals surface area contributed by atoms with Gasteiger partial charge in [-0.2, -0.15) is 0 Å². The lowest BCUT2D eigenvalue weighted by Gasteiger charge is -2.05. The lowest BCUT2D eigenvalue weighted by Crippen LogP contribution is -2.05. The molecule has 4 heterocycles. The number of fused-ring (bicyclic) bond motifs is 2. The summed E-state index contributed by atoms with van der Waals surface area (Å²) in [7, 11) is 1.68. The van der Waals surface area contributed by atoms with Crippen LogP contribution in [0.2, 0.25) is 0 Å². The Hall–Kier alpha value is -3.87. The van der Waals surface area contributed by atoms with Gasteiger partial charge in [0.2, 0.25) is 5.95 Å². The summed E-state index contributed by atoms with van der Waals surface area (Å²) < 4.78 is 5.34. The molecule has 7 nitrogen and oxygen atoms in total. The largest absolute Gasteiger partial charge is 0.497 e. The molecule has 6 rings (SSSR count). The molecular weight excluding hydrogens is 376 g/mol. The van der Waals surface area contributed by atoms with Gasteiger partial charge in [0, 0.05) is 57.7 Å². The van der Waals surface area contributed by atoms with Crippen molar-refractivity contribution in [3.63, 3.8) is 0 Å². The zero-order valence-corrected chi connectivity index (χ0v) is 16.4. The highest BCUT2D eigenvalue weighted by atomic mass is 16.5. The molecule has 30 heavy (non-hydrogen) atoms. The van der Waals surface area contributed by atoms with Gasteiger partial charge >= 0.3 is 0 Å². The normalized spacial score (nSPS) is 13.8. The number of anilines is 1. The molecule has 3 N–H and O–H groups in total. The van der Waals surface area contributed by atoms with E-state index in [1.54, 1.807) is 13.3 Å². The molecule has 0 spiro atoms. The van der Waals surface area contributed by atoms with Crippen molar-refractivity contribution in [2.24, 2.45) is 0 Å². The van der Waals surface area contributed by atoms with E-state index in [1.165, 1.54) is 12.8 Å². The second-order valence-corrected chi connectivity index (χ2v) is 7.64. The van der Waals surface area contributed by atoms with Crippen LogP contribution >= 0.6 is 0 Å². The summed E-state index contributed by atoms with van der Waals surface area (Å²) in [6.45, 7) is 0. The zero-order valence-electron chi connectivity index (χ0n) is 16.4. The van der Waals surface area contributed by atoms with Gasteiger partial charge in [-0.15, -0.1) is 0 Å². The smallest absolute Gasteiger partial charge is 0.223 e. The average Bonchev–Trinajstić information content (AvgIpc) is 3.33. The molecule has 0 saturated heterocycles. The Balaban J connectivity index is 1.42. The minimum Gasteiger partial charge on any atom is -0.497 e. The lowest BCUT2D eigenvalue weighted by atomic mass is 10.1. The summed E-state index contributed by atoms with van der Waals surface area (Å²) >= 11 is 0. The Bertz CT molecular complexity index is 1380. The molecule has 148 valence electrons. The number of hydrogen-bond acceptors (Lipinski definition) is 5. The van der Waals surface area contributed by atoms with Crippen molar-refractivity contribution in [1.82, 2.24) is 24.9 Å². The van der Waals surface area contributed by atoms with Crippen molar-refractivity contribution in [2.75, 3.05) is 12.4 Å². The predicted molar refractivity (Wildman–Crippen MR) is 118 cm³/mol. The third-order valence-corrected chi connectivity index (χ3v) is 5.51. The van der Waals surface area contributed by atoms with E-state index in [1.807, 2.05) is 36.7 Å². The molecule has 4 aromatic heterocycles. The molecule has 7 heteroatoms. The van der Waals surface area contributed by atoms with Crippen LogP contribution in [0.15, 0.2) is 55.0 Å². The minimum atomic E-state index is 0.511. The van der Waals surface area contributed by atoms with Crippen LogP contribution in [0.3, 0.4) is 0 Å². The molecule has 1 saturated carbocycles. The maximum atomic E-state index is 5.34. The number of pyridine rings is 1. The highest BCUT2D eigenvalue weighted by Gasteiger charge is 2.22. The Morgan fingerprint density at radius 1 is 1.10 bits per heavy atom. The van der Waals surface area contributed by atoms with Crippen LogP contribution < -0.4 is 10.1 Å². The van der Waals surface area contributed by atoms with E-state index in [9.17, 15) is 0 Å². The maximum Gasteiger partial charge on any atom is 0.223 e. The highest BCUT2D eigenvalue weighted by molar-refractivity contribution is 5.96. The third-order valence-electron chi connectivity index (χ3n) is 5.51. The van der Waals surface area contributed by atoms with Crippen molar-refractivity contribution in [3.8, 4) is 28.3 Å². The molecule has 0 bridgehead atoms. The number of aromatic amines is 2. The average molecular weight is 396 g/mol. The fourth-order valence-electron chi connectivity index (χ4n) is 3.74. The second-order valence-electron chi connectivity index (χ2n) is 7.64. The monoisotopic (exact) mass is 396 g/mol. The van der Waals surface area contributed by atoms with Crippen LogP contribution in [-0.2, 0) is 0 Å². The first kappa shape index (κ1) is 17.0. The molecule has 1 aliphatic rings. The number of nitrogens with zero attached hydrogens (tertiary/aromatic N) is 3. The van der Waals surface area contributed by atoms with Crippen LogP contribution in [0.4, 0.5) is 5.95 Å². The molecule has 0 unspecified atom stereocenters. The van der Waals surface area contributed by atoms with Crippen molar-refractivity contribution >= 4 is 27.9 Å². The molecule has 1 aliphatic carbocycles. The molecule has 0 aliphatic heterocycles. The highest BCUT2D eigenvalue weighted by Crippen LogP contribution is 2.32. The van der Waals surface area contributed by atoms with E-state index >= 15 is 0 Å². The standard InChI is InChI=1S/C23H20N6O/c1-30-16-4-5-19-13(8-16)10-21(28-19)14-9-17-18(12-26-22(17)25-11-14)20-6-7-24-23(29-20)27-15-2-3-15/h4-12,15,28H,2-3H2,1H3,(H,25,26)(H,24,27,29). The van der Waals surface area contributed by atoms with E-state index < -0.39 is 0 Å². The minimum absolute atomic E-state index is 0.511. The molecule has 5 aromatic rings. The number of ether oxygens (including phenoxy) is 1. The zero-order chi connectivity index (χ0) is 20.1. The predicted octanol–water partition coefficient (Wildman–Crippen LogP) is 4.75. The number of rotatable bonds is 5. The molecule has 1 aromatic carbocycles. The first-order valence-electron chi connectivity index (χ1n) is 10.0. The van der Waals surface area contributed by atoms with Crippen molar-refractivity contribution < 1.29 is 4.74 Å². The van der Waals surface area contributed by atoms with E-state index in [2.05, 4.69) is 37.4 Å². The molecule has 1 fully saturated rings. The number of aromatic nitrogens is 5. The van der Waals surface area contributed by atoms with E-state index in [4.69, 9.17) is 9.72 Å². The van der Waals surface area contributed by atoms with Gasteiger partial charge in [0.25, 0.3) is 0 Å². The quantitative estimate of drug-likeness (QED) is 0.399. The van der Waals surface area contributed by atoms with Gasteiger partial charge in [0.15, 0.2) is 0 Å². The molecule has 0 atom stereocenters. The van der Waals surface area contributed by atoms with Crippen LogP contribution in [0.1, 0.15) is 12.8 Å². The lowest BCUT2D eigenvalue weighted by molar-refractivity contribution is 0.415. The van der Waals surface area contributed by atoms with E-state index in [0.29, 0.717) is 12.0 Å². The number of H-pyrrole nitrogens is 2. The Morgan fingerprint density at radius 2 is 2.03 bits per heavy atom. The second kappa shape index (κ2) is 6.59. The summed E-state index contributed by atoms with van der Waals surface area (Å²) in [5.41, 5.74) is 5.81. The first-order chi connectivity index (χ1) is 14.8. The number of methoxy groups -OCH3 is 1. The molecule has 0 amide bonds. The maximum absolute atomic E-state index is 5.34. The summed E-state index contributed by atoms with van der Waals surface area (Å²) in [5.74, 6) is 1.52. The Labute approximate surface area is 172 Å². The van der Waals surface area contributed by atoms with Crippen LogP contribution in [-0.4, -0.2) is 38.1 Å². The summed E-state index contributed by atoms with van der Waals surface area (Å²) in [4.78, 5) is 20.4. The SMILES string of the molecule is COc1ccc2[nH]c(-c3cnc4[nH]cc(-c5ccnc(NC6CC6)n5)c4c3)cc2c1. The van der Waals surface area contributed by atoms with Crippen LogP contribution in [0.25, 0.3) is 44.5 Å². The van der Waals surface area contributed by atoms with Gasteiger partial charge in [0.1, 0.15) is 11.4 Å². The third kappa shape index (κ3) is 2.95. The number of benzene rings is 1. The summed E-state index contributed by atoms with van der Waals surface area (Å²) in [6, 6.07) is 12.7. The summed E-state index contributed by atoms with van der Waals surface area (Å²) in [5, 5.41) is 5.49. The van der Waals surface area contributed by atoms with Gasteiger partial charge in [-0.25, -0.2) is 15.0 Å². The number of hydrogen-bond donors (Lipinski definition) is 3. The summed E-state index contributed by atoms with van der Waals surface area (Å²) in [6.07, 6.45) is 8.01. The van der Waals surface area contributed by atoms with Gasteiger partial charge in [-0.05, 0) is 49.2 Å². The van der Waals surface area contributed by atoms with E-state index in [0.717, 1.165) is 50.2 Å². The fraction of sp³-hybridized carbons (Fsp3) is 0.174. The number of nitrogens with one attached hydrogen (secondary N) is 3. The van der Waals surface area contributed by atoms with E-state index in [-0.39, 0.29) is 0 Å². The topological polar surface area (TPSA) is 91.5 Å².